The Balaban J connectivity index is 1.85. The number of hydrogen-bond donors (Lipinski definition) is 1. The molecule has 1 aromatic carbocycles. The van der Waals surface area contributed by atoms with Gasteiger partial charge in [-0.1, -0.05) is 12.1 Å². The summed E-state index contributed by atoms with van der Waals surface area (Å²) in [6.45, 7) is 0. The van der Waals surface area contributed by atoms with Crippen LogP contribution in [0.25, 0.3) is 6.08 Å². The molecule has 20 heavy (non-hydrogen) atoms. The Bertz CT molecular complexity index is 708. The van der Waals surface area contributed by atoms with Crippen LogP contribution in [0.2, 0.25) is 0 Å². The molecular formula is C14H9FN2O2S. The molecule has 0 unspecified atom stereocenters. The van der Waals surface area contributed by atoms with Crippen molar-refractivity contribution in [2.45, 2.75) is 0 Å². The van der Waals surface area contributed by atoms with E-state index in [-0.39, 0.29) is 11.6 Å². The second-order valence-electron chi connectivity index (χ2n) is 3.95. The Morgan fingerprint density at radius 1 is 1.25 bits per heavy atom. The number of carbonyl (C=O) groups excluding carboxylic acids is 1. The largest absolute Gasteiger partial charge is 0.465 e. The van der Waals surface area contributed by atoms with E-state index in [0.717, 1.165) is 11.8 Å². The van der Waals surface area contributed by atoms with Gasteiger partial charge in [-0.3, -0.25) is 4.79 Å². The van der Waals surface area contributed by atoms with Gasteiger partial charge in [-0.2, -0.15) is 0 Å². The lowest BCUT2D eigenvalue weighted by Gasteiger charge is -1.97. The molecular weight excluding hydrogens is 279 g/mol. The number of nitrogens with one attached hydrogen (secondary N) is 1. The fraction of sp³-hybridized carbons (Fsp3) is 0. The number of amides is 1. The first-order chi connectivity index (χ1) is 9.72. The molecule has 0 aliphatic carbocycles. The number of furan rings is 1. The van der Waals surface area contributed by atoms with Gasteiger partial charge in [0.05, 0.1) is 11.2 Å². The maximum absolute atomic E-state index is 13.5. The number of nitrogens with zero attached hydrogens (tertiary/aromatic N) is 1. The van der Waals surface area contributed by atoms with Crippen LogP contribution in [0.15, 0.2) is 57.0 Å². The first kappa shape index (κ1) is 12.7. The molecule has 0 radical (unpaired) electrons. The van der Waals surface area contributed by atoms with Gasteiger partial charge in [0.2, 0.25) is 0 Å². The van der Waals surface area contributed by atoms with Crippen LogP contribution >= 0.6 is 11.8 Å². The lowest BCUT2D eigenvalue weighted by atomic mass is 10.3. The fourth-order valence-electron chi connectivity index (χ4n) is 1.63. The summed E-state index contributed by atoms with van der Waals surface area (Å²) in [5.74, 6) is -0.130. The first-order valence-electron chi connectivity index (χ1n) is 5.80. The Hall–Kier alpha value is -2.34. The van der Waals surface area contributed by atoms with Gasteiger partial charge in [-0.25, -0.2) is 9.38 Å². The molecule has 0 atom stereocenters. The minimum Gasteiger partial charge on any atom is -0.465 e. The zero-order valence-corrected chi connectivity index (χ0v) is 11.0. The molecule has 1 amide bonds. The fourth-order valence-corrected chi connectivity index (χ4v) is 2.45. The highest BCUT2D eigenvalue weighted by Crippen LogP contribution is 2.28. The number of para-hydroxylation sites is 1. The molecule has 1 N–H and O–H groups in total. The van der Waals surface area contributed by atoms with E-state index in [2.05, 4.69) is 10.3 Å². The van der Waals surface area contributed by atoms with E-state index in [1.165, 1.54) is 12.3 Å². The Morgan fingerprint density at radius 3 is 2.85 bits per heavy atom. The van der Waals surface area contributed by atoms with E-state index in [4.69, 9.17) is 4.42 Å². The summed E-state index contributed by atoms with van der Waals surface area (Å²) in [6, 6.07) is 9.61. The van der Waals surface area contributed by atoms with Crippen molar-refractivity contribution in [2.75, 3.05) is 0 Å². The second kappa shape index (κ2) is 5.34. The van der Waals surface area contributed by atoms with E-state index in [1.807, 2.05) is 0 Å². The third-order valence-corrected chi connectivity index (χ3v) is 3.45. The van der Waals surface area contributed by atoms with Gasteiger partial charge < -0.3 is 9.73 Å². The summed E-state index contributed by atoms with van der Waals surface area (Å²) >= 11 is 1.14. The van der Waals surface area contributed by atoms with Crippen LogP contribution in [-0.4, -0.2) is 11.1 Å². The predicted molar refractivity (Wildman–Crippen MR) is 75.9 cm³/mol. The molecule has 1 saturated heterocycles. The molecule has 0 spiro atoms. The molecule has 1 aromatic heterocycles. The molecule has 1 aliphatic heterocycles. The van der Waals surface area contributed by atoms with E-state index in [9.17, 15) is 9.18 Å². The topological polar surface area (TPSA) is 54.6 Å². The Kier molecular flexibility index (Phi) is 3.39. The quantitative estimate of drug-likeness (QED) is 0.863. The zero-order chi connectivity index (χ0) is 13.9. The predicted octanol–water partition coefficient (Wildman–Crippen LogP) is 3.31. The highest BCUT2D eigenvalue weighted by Gasteiger charge is 2.24. The zero-order valence-electron chi connectivity index (χ0n) is 10.2. The molecule has 4 nitrogen and oxygen atoms in total. The number of hydrogen-bond acceptors (Lipinski definition) is 4. The van der Waals surface area contributed by atoms with Gasteiger partial charge in [-0.05, 0) is 36.0 Å². The van der Waals surface area contributed by atoms with Crippen LogP contribution in [0.5, 0.6) is 0 Å². The highest BCUT2D eigenvalue weighted by molar-refractivity contribution is 8.18. The molecule has 1 aliphatic rings. The number of aliphatic imine (C=N–C) groups is 1. The molecule has 100 valence electrons. The summed E-state index contributed by atoms with van der Waals surface area (Å²) in [5, 5.41) is 2.93. The van der Waals surface area contributed by atoms with Crippen LogP contribution in [0.1, 0.15) is 5.76 Å². The van der Waals surface area contributed by atoms with Crippen LogP contribution in [-0.2, 0) is 4.79 Å². The summed E-state index contributed by atoms with van der Waals surface area (Å²) in [5.41, 5.74) is 0.189. The molecule has 0 saturated carbocycles. The van der Waals surface area contributed by atoms with Crippen LogP contribution in [0, 0.1) is 5.82 Å². The lowest BCUT2D eigenvalue weighted by molar-refractivity contribution is -0.115. The maximum atomic E-state index is 13.5. The van der Waals surface area contributed by atoms with E-state index in [1.54, 1.807) is 36.4 Å². The van der Waals surface area contributed by atoms with Crippen molar-refractivity contribution in [3.05, 3.63) is 59.1 Å². The minimum atomic E-state index is -0.432. The number of halogens is 1. The van der Waals surface area contributed by atoms with Gasteiger partial charge in [0.1, 0.15) is 17.3 Å². The van der Waals surface area contributed by atoms with Gasteiger partial charge in [-0.15, -0.1) is 0 Å². The van der Waals surface area contributed by atoms with Crippen molar-refractivity contribution < 1.29 is 13.6 Å². The van der Waals surface area contributed by atoms with E-state index < -0.39 is 5.82 Å². The standard InChI is InChI=1S/C14H9FN2O2S/c15-10-5-1-2-6-11(10)16-14-17-13(18)12(20-14)8-9-4-3-7-19-9/h1-8H,(H,16,17,18)/b12-8-. The highest BCUT2D eigenvalue weighted by atomic mass is 32.2. The minimum absolute atomic E-state index is 0.189. The number of carbonyl (C=O) groups is 1. The first-order valence-corrected chi connectivity index (χ1v) is 6.61. The van der Waals surface area contributed by atoms with Crippen LogP contribution in [0.4, 0.5) is 10.1 Å². The normalized spacial score (nSPS) is 18.8. The number of rotatable bonds is 2. The van der Waals surface area contributed by atoms with Gasteiger partial charge >= 0.3 is 0 Å². The molecule has 3 rings (SSSR count). The molecule has 1 fully saturated rings. The summed E-state index contributed by atoms with van der Waals surface area (Å²) in [6.07, 6.45) is 3.14. The molecule has 2 heterocycles. The molecule has 6 heteroatoms. The number of amidine groups is 1. The second-order valence-corrected chi connectivity index (χ2v) is 4.98. The smallest absolute Gasteiger partial charge is 0.264 e. The monoisotopic (exact) mass is 288 g/mol. The van der Waals surface area contributed by atoms with Crippen LogP contribution < -0.4 is 5.32 Å². The van der Waals surface area contributed by atoms with Gasteiger partial charge in [0.25, 0.3) is 5.91 Å². The third kappa shape index (κ3) is 2.65. The number of thioether (sulfide) groups is 1. The van der Waals surface area contributed by atoms with Crippen molar-refractivity contribution in [1.82, 2.24) is 5.32 Å². The Labute approximate surface area is 118 Å². The average molecular weight is 288 g/mol. The average Bonchev–Trinajstić information content (AvgIpc) is 3.04. The van der Waals surface area contributed by atoms with Crippen molar-refractivity contribution in [2.24, 2.45) is 4.99 Å². The van der Waals surface area contributed by atoms with Crippen molar-refractivity contribution in [3.8, 4) is 0 Å². The summed E-state index contributed by atoms with van der Waals surface area (Å²) in [4.78, 5) is 16.3. The van der Waals surface area contributed by atoms with Gasteiger partial charge in [0.15, 0.2) is 5.17 Å². The van der Waals surface area contributed by atoms with Crippen LogP contribution in [0.3, 0.4) is 0 Å². The van der Waals surface area contributed by atoms with E-state index >= 15 is 0 Å². The van der Waals surface area contributed by atoms with Gasteiger partial charge in [0, 0.05) is 6.08 Å². The summed E-state index contributed by atoms with van der Waals surface area (Å²) in [7, 11) is 0. The third-order valence-electron chi connectivity index (χ3n) is 2.54. The SMILES string of the molecule is O=C1NC(=Nc2ccccc2F)S/C1=C\c1ccco1. The summed E-state index contributed by atoms with van der Waals surface area (Å²) < 4.78 is 18.6. The Morgan fingerprint density at radius 2 is 2.10 bits per heavy atom. The molecule has 0 bridgehead atoms. The van der Waals surface area contributed by atoms with E-state index in [0.29, 0.717) is 15.8 Å². The van der Waals surface area contributed by atoms with Crippen molar-refractivity contribution >= 4 is 34.6 Å². The molecule has 2 aromatic rings. The van der Waals surface area contributed by atoms with Crippen molar-refractivity contribution in [3.63, 3.8) is 0 Å². The lowest BCUT2D eigenvalue weighted by Crippen LogP contribution is -2.19. The number of benzene rings is 1. The maximum Gasteiger partial charge on any atom is 0.264 e. The van der Waals surface area contributed by atoms with Crippen molar-refractivity contribution in [1.29, 1.82) is 0 Å².